The van der Waals surface area contributed by atoms with Crippen LogP contribution in [0.3, 0.4) is 0 Å². The van der Waals surface area contributed by atoms with Crippen LogP contribution in [0.2, 0.25) is 0 Å². The van der Waals surface area contributed by atoms with Crippen LogP contribution in [0.25, 0.3) is 0 Å². The highest BCUT2D eigenvalue weighted by Gasteiger charge is 2.39. The van der Waals surface area contributed by atoms with E-state index in [1.54, 1.807) is 0 Å². The molecule has 0 amide bonds. The molecule has 0 radical (unpaired) electrons. The van der Waals surface area contributed by atoms with Gasteiger partial charge in [0.1, 0.15) is 5.82 Å². The number of nitrogens with zero attached hydrogens (tertiary/aromatic N) is 1. The molecule has 1 heterocycles. The normalized spacial score (nSPS) is 22.6. The van der Waals surface area contributed by atoms with Gasteiger partial charge in [0.2, 0.25) is 0 Å². The second-order valence-corrected chi connectivity index (χ2v) is 5.21. The maximum absolute atomic E-state index is 13.8. The number of hydrogen-bond donors (Lipinski definition) is 0. The van der Waals surface area contributed by atoms with Crippen molar-refractivity contribution in [2.45, 2.75) is 38.9 Å². The monoisotopic (exact) mass is 247 g/mol. The van der Waals surface area contributed by atoms with Gasteiger partial charge in [-0.25, -0.2) is 4.39 Å². The third-order valence-corrected chi connectivity index (χ3v) is 2.94. The molecule has 0 aromatic heterocycles. The second kappa shape index (κ2) is 4.71. The van der Waals surface area contributed by atoms with Gasteiger partial charge < -0.3 is 9.31 Å². The first-order chi connectivity index (χ1) is 8.41. The fraction of sp³-hybridized carbons (Fsp3) is 0.462. The van der Waals surface area contributed by atoms with Crippen LogP contribution in [0.15, 0.2) is 18.2 Å². The van der Waals surface area contributed by atoms with Crippen molar-refractivity contribution < 1.29 is 13.7 Å². The number of rotatable bonds is 1. The molecule has 1 saturated heterocycles. The highest BCUT2D eigenvalue weighted by Crippen LogP contribution is 2.25. The zero-order chi connectivity index (χ0) is 13.3. The Balaban J connectivity index is 2.33. The Morgan fingerprint density at radius 3 is 2.83 bits per heavy atom. The van der Waals surface area contributed by atoms with E-state index in [1.807, 2.05) is 26.8 Å². The van der Waals surface area contributed by atoms with Crippen molar-refractivity contribution in [3.05, 3.63) is 29.6 Å². The summed E-state index contributed by atoms with van der Waals surface area (Å²) in [5.41, 5.74) is 0.320. The predicted octanol–water partition coefficient (Wildman–Crippen LogP) is 2.00. The minimum atomic E-state index is -0.753. The van der Waals surface area contributed by atoms with Crippen molar-refractivity contribution >= 4 is 12.6 Å². The third-order valence-electron chi connectivity index (χ3n) is 2.94. The summed E-state index contributed by atoms with van der Waals surface area (Å²) >= 11 is 0. The van der Waals surface area contributed by atoms with Crippen LogP contribution in [-0.4, -0.2) is 18.8 Å². The van der Waals surface area contributed by atoms with Gasteiger partial charge >= 0.3 is 7.12 Å². The lowest BCUT2D eigenvalue weighted by molar-refractivity contribution is -0.0232. The van der Waals surface area contributed by atoms with Gasteiger partial charge in [0.05, 0.1) is 17.2 Å². The molecule has 1 aromatic carbocycles. The summed E-state index contributed by atoms with van der Waals surface area (Å²) in [4.78, 5) is 0. The van der Waals surface area contributed by atoms with E-state index in [0.717, 1.165) is 6.42 Å². The molecule has 1 aromatic rings. The van der Waals surface area contributed by atoms with E-state index in [9.17, 15) is 4.39 Å². The summed E-state index contributed by atoms with van der Waals surface area (Å²) in [6.07, 6.45) is 0.743. The van der Waals surface area contributed by atoms with Gasteiger partial charge in [-0.1, -0.05) is 0 Å². The Hall–Kier alpha value is -1.38. The smallest absolute Gasteiger partial charge is 0.405 e. The van der Waals surface area contributed by atoms with Crippen molar-refractivity contribution in [2.24, 2.45) is 0 Å². The first-order valence-corrected chi connectivity index (χ1v) is 5.94. The molecular weight excluding hydrogens is 232 g/mol. The van der Waals surface area contributed by atoms with E-state index in [1.165, 1.54) is 18.2 Å². The molecule has 0 N–H and O–H groups in total. The van der Waals surface area contributed by atoms with Crippen molar-refractivity contribution in [3.8, 4) is 6.07 Å². The molecule has 18 heavy (non-hydrogen) atoms. The largest absolute Gasteiger partial charge is 0.497 e. The maximum Gasteiger partial charge on any atom is 0.497 e. The van der Waals surface area contributed by atoms with E-state index >= 15 is 0 Å². The minimum Gasteiger partial charge on any atom is -0.405 e. The summed E-state index contributed by atoms with van der Waals surface area (Å²) in [6, 6.07) is 6.18. The van der Waals surface area contributed by atoms with E-state index in [-0.39, 0.29) is 17.2 Å². The Labute approximate surface area is 107 Å². The number of benzene rings is 1. The van der Waals surface area contributed by atoms with Gasteiger partial charge in [-0.3, -0.25) is 0 Å². The minimum absolute atomic E-state index is 0.0103. The summed E-state index contributed by atoms with van der Waals surface area (Å²) in [5, 5.41) is 8.85. The maximum atomic E-state index is 13.8. The SMILES string of the molecule is C[C@@H]1CC(C)(C)OB(c2cc(C#N)ccc2F)O1. The van der Waals surface area contributed by atoms with E-state index in [2.05, 4.69) is 0 Å². The zero-order valence-electron chi connectivity index (χ0n) is 10.7. The molecule has 3 nitrogen and oxygen atoms in total. The van der Waals surface area contributed by atoms with Crippen molar-refractivity contribution in [1.29, 1.82) is 5.26 Å². The lowest BCUT2D eigenvalue weighted by Gasteiger charge is -2.38. The average Bonchev–Trinajstić information content (AvgIpc) is 2.27. The second-order valence-electron chi connectivity index (χ2n) is 5.21. The van der Waals surface area contributed by atoms with Crippen LogP contribution in [0, 0.1) is 17.1 Å². The predicted molar refractivity (Wildman–Crippen MR) is 66.8 cm³/mol. The van der Waals surface area contributed by atoms with Crippen molar-refractivity contribution in [1.82, 2.24) is 0 Å². The summed E-state index contributed by atoms with van der Waals surface area (Å²) < 4.78 is 25.2. The Kier molecular flexibility index (Phi) is 3.42. The van der Waals surface area contributed by atoms with Crippen LogP contribution in [0.1, 0.15) is 32.8 Å². The number of halogens is 1. The fourth-order valence-corrected chi connectivity index (χ4v) is 2.25. The van der Waals surface area contributed by atoms with Gasteiger partial charge in [-0.05, 0) is 45.4 Å². The molecule has 1 aliphatic rings. The lowest BCUT2D eigenvalue weighted by atomic mass is 9.74. The van der Waals surface area contributed by atoms with Crippen LogP contribution >= 0.6 is 0 Å². The fourth-order valence-electron chi connectivity index (χ4n) is 2.25. The molecule has 0 bridgehead atoms. The van der Waals surface area contributed by atoms with Gasteiger partial charge in [-0.2, -0.15) is 5.26 Å². The molecule has 0 saturated carbocycles. The first-order valence-electron chi connectivity index (χ1n) is 5.94. The van der Waals surface area contributed by atoms with Gasteiger partial charge in [0.15, 0.2) is 0 Å². The summed E-state index contributed by atoms with van der Waals surface area (Å²) in [5.74, 6) is -0.413. The Morgan fingerprint density at radius 1 is 1.50 bits per heavy atom. The van der Waals surface area contributed by atoms with Crippen LogP contribution in [0.5, 0.6) is 0 Å². The number of nitriles is 1. The molecule has 5 heteroatoms. The van der Waals surface area contributed by atoms with Crippen LogP contribution < -0.4 is 5.46 Å². The molecule has 2 rings (SSSR count). The Morgan fingerprint density at radius 2 is 2.22 bits per heavy atom. The van der Waals surface area contributed by atoms with Crippen molar-refractivity contribution in [2.75, 3.05) is 0 Å². The van der Waals surface area contributed by atoms with Gasteiger partial charge in [-0.15, -0.1) is 0 Å². The van der Waals surface area contributed by atoms with E-state index < -0.39 is 12.9 Å². The molecule has 0 unspecified atom stereocenters. The molecule has 1 atom stereocenters. The van der Waals surface area contributed by atoms with Crippen molar-refractivity contribution in [3.63, 3.8) is 0 Å². The highest BCUT2D eigenvalue weighted by atomic mass is 19.1. The molecule has 1 fully saturated rings. The van der Waals surface area contributed by atoms with E-state index in [0.29, 0.717) is 5.56 Å². The van der Waals surface area contributed by atoms with E-state index in [4.69, 9.17) is 14.6 Å². The van der Waals surface area contributed by atoms with Gasteiger partial charge in [0, 0.05) is 11.6 Å². The molecule has 0 aliphatic carbocycles. The molecular formula is C13H15BFNO2. The zero-order valence-corrected chi connectivity index (χ0v) is 10.7. The van der Waals surface area contributed by atoms with Gasteiger partial charge in [0.25, 0.3) is 0 Å². The van der Waals surface area contributed by atoms with Crippen LogP contribution in [0.4, 0.5) is 4.39 Å². The Bertz CT molecular complexity index is 498. The van der Waals surface area contributed by atoms with Crippen LogP contribution in [-0.2, 0) is 9.31 Å². The quantitative estimate of drug-likeness (QED) is 0.712. The summed E-state index contributed by atoms with van der Waals surface area (Å²) in [7, 11) is -0.753. The number of hydrogen-bond acceptors (Lipinski definition) is 3. The molecule has 1 aliphatic heterocycles. The first kappa shape index (κ1) is 13.1. The third kappa shape index (κ3) is 2.71. The standard InChI is InChI=1S/C13H15BFNO2/c1-9-7-13(2,3)18-14(17-9)11-6-10(8-16)4-5-12(11)15/h4-6,9H,7H2,1-3H3/t9-/m1/s1. The molecule has 0 spiro atoms. The topological polar surface area (TPSA) is 42.2 Å². The summed E-state index contributed by atoms with van der Waals surface area (Å²) in [6.45, 7) is 5.83. The lowest BCUT2D eigenvalue weighted by Crippen LogP contribution is -2.52. The molecule has 94 valence electrons. The highest BCUT2D eigenvalue weighted by molar-refractivity contribution is 6.61. The average molecular weight is 247 g/mol.